The van der Waals surface area contributed by atoms with Crippen molar-refractivity contribution in [3.05, 3.63) is 23.8 Å². The van der Waals surface area contributed by atoms with Gasteiger partial charge in [-0.15, -0.1) is 6.42 Å². The number of carbonyl (C=O) groups is 1. The molecule has 114 valence electrons. The van der Waals surface area contributed by atoms with Crippen LogP contribution in [0.3, 0.4) is 0 Å². The van der Waals surface area contributed by atoms with Crippen molar-refractivity contribution in [3.8, 4) is 18.1 Å². The molecule has 0 saturated heterocycles. The van der Waals surface area contributed by atoms with Gasteiger partial charge in [0.15, 0.2) is 0 Å². The van der Waals surface area contributed by atoms with Gasteiger partial charge in [-0.3, -0.25) is 0 Å². The van der Waals surface area contributed by atoms with E-state index >= 15 is 0 Å². The number of aromatic carboxylic acids is 1. The predicted octanol–water partition coefficient (Wildman–Crippen LogP) is 1.43. The second-order valence-electron chi connectivity index (χ2n) is 4.03. The fourth-order valence-electron chi connectivity index (χ4n) is 1.74. The highest BCUT2D eigenvalue weighted by atomic mass is 32.2. The summed E-state index contributed by atoms with van der Waals surface area (Å²) in [6, 6.07) is 3.73. The molecule has 0 aliphatic rings. The number of carboxylic acids is 1. The minimum atomic E-state index is -3.83. The molecule has 1 N–H and O–H groups in total. The number of hydrogen-bond donors (Lipinski definition) is 1. The second-order valence-corrected chi connectivity index (χ2v) is 5.97. The van der Waals surface area contributed by atoms with Crippen LogP contribution in [0.5, 0.6) is 5.75 Å². The van der Waals surface area contributed by atoms with Crippen molar-refractivity contribution in [2.24, 2.45) is 0 Å². The number of rotatable bonds is 7. The Balaban J connectivity index is 3.35. The summed E-state index contributed by atoms with van der Waals surface area (Å²) in [5, 5.41) is 9.16. The molecule has 6 nitrogen and oxygen atoms in total. The topological polar surface area (TPSA) is 83.9 Å². The van der Waals surface area contributed by atoms with E-state index in [1.165, 1.54) is 12.1 Å². The maximum Gasteiger partial charge on any atom is 0.339 e. The van der Waals surface area contributed by atoms with Gasteiger partial charge in [-0.1, -0.05) is 12.8 Å². The molecule has 1 rings (SSSR count). The van der Waals surface area contributed by atoms with Crippen LogP contribution in [-0.4, -0.2) is 43.5 Å². The molecule has 1 aromatic rings. The first-order valence-corrected chi connectivity index (χ1v) is 7.76. The fourth-order valence-corrected chi connectivity index (χ4v) is 3.13. The SMILES string of the molecule is C#CCN(CC)S(=O)(=O)c1ccc(OCC)c(C(=O)O)c1. The Morgan fingerprint density at radius 1 is 1.43 bits per heavy atom. The third kappa shape index (κ3) is 3.74. The third-order valence-electron chi connectivity index (χ3n) is 2.74. The molecule has 0 unspecified atom stereocenters. The van der Waals surface area contributed by atoms with Gasteiger partial charge in [-0.2, -0.15) is 4.31 Å². The molecule has 0 aromatic heterocycles. The Labute approximate surface area is 124 Å². The van der Waals surface area contributed by atoms with Crippen LogP contribution in [0.2, 0.25) is 0 Å². The molecule has 0 heterocycles. The van der Waals surface area contributed by atoms with Crippen molar-refractivity contribution in [3.63, 3.8) is 0 Å². The van der Waals surface area contributed by atoms with E-state index in [0.717, 1.165) is 10.4 Å². The lowest BCUT2D eigenvalue weighted by Gasteiger charge is -2.18. The van der Waals surface area contributed by atoms with Gasteiger partial charge in [-0.05, 0) is 25.1 Å². The molecule has 1 aromatic carbocycles. The standard InChI is InChI=1S/C14H17NO5S/c1-4-9-15(5-2)21(18,19)11-7-8-13(20-6-3)12(10-11)14(16)17/h1,7-8,10H,5-6,9H2,2-3H3,(H,16,17). The lowest BCUT2D eigenvalue weighted by Crippen LogP contribution is -2.31. The Morgan fingerprint density at radius 2 is 2.10 bits per heavy atom. The van der Waals surface area contributed by atoms with Crippen LogP contribution in [0.25, 0.3) is 0 Å². The monoisotopic (exact) mass is 311 g/mol. The Morgan fingerprint density at radius 3 is 2.57 bits per heavy atom. The molecular formula is C14H17NO5S. The molecule has 0 radical (unpaired) electrons. The molecular weight excluding hydrogens is 294 g/mol. The lowest BCUT2D eigenvalue weighted by molar-refractivity contribution is 0.0692. The zero-order valence-corrected chi connectivity index (χ0v) is 12.7. The van der Waals surface area contributed by atoms with Gasteiger partial charge in [0.05, 0.1) is 18.0 Å². The van der Waals surface area contributed by atoms with Crippen LogP contribution in [-0.2, 0) is 10.0 Å². The van der Waals surface area contributed by atoms with Crippen LogP contribution >= 0.6 is 0 Å². The van der Waals surface area contributed by atoms with Gasteiger partial charge in [0.2, 0.25) is 10.0 Å². The summed E-state index contributed by atoms with van der Waals surface area (Å²) in [6.07, 6.45) is 5.15. The molecule has 7 heteroatoms. The quantitative estimate of drug-likeness (QED) is 0.770. The summed E-state index contributed by atoms with van der Waals surface area (Å²) in [5.41, 5.74) is -0.199. The Bertz CT molecular complexity index is 660. The van der Waals surface area contributed by atoms with Crippen molar-refractivity contribution >= 4 is 16.0 Å². The largest absolute Gasteiger partial charge is 0.493 e. The molecule has 0 spiro atoms. The average molecular weight is 311 g/mol. The van der Waals surface area contributed by atoms with Crippen LogP contribution in [0.1, 0.15) is 24.2 Å². The zero-order chi connectivity index (χ0) is 16.0. The first-order chi connectivity index (χ1) is 9.88. The van der Waals surface area contributed by atoms with Crippen LogP contribution in [0.4, 0.5) is 0 Å². The van der Waals surface area contributed by atoms with E-state index in [2.05, 4.69) is 5.92 Å². The number of ether oxygens (including phenoxy) is 1. The van der Waals surface area contributed by atoms with E-state index < -0.39 is 16.0 Å². The number of carboxylic acid groups (broad SMARTS) is 1. The molecule has 21 heavy (non-hydrogen) atoms. The first kappa shape index (κ1) is 17.0. The van der Waals surface area contributed by atoms with Crippen LogP contribution in [0, 0.1) is 12.3 Å². The molecule has 0 atom stereocenters. The summed E-state index contributed by atoms with van der Waals surface area (Å²) in [5.74, 6) is 1.14. The number of terminal acetylenes is 1. The second kappa shape index (κ2) is 7.11. The smallest absolute Gasteiger partial charge is 0.339 e. The van der Waals surface area contributed by atoms with Crippen LogP contribution in [0.15, 0.2) is 23.1 Å². The van der Waals surface area contributed by atoms with Gasteiger partial charge in [0.1, 0.15) is 11.3 Å². The zero-order valence-electron chi connectivity index (χ0n) is 11.9. The molecule has 0 bridgehead atoms. The summed E-state index contributed by atoms with van der Waals surface area (Å²) in [6.45, 7) is 3.77. The molecule has 0 saturated carbocycles. The summed E-state index contributed by atoms with van der Waals surface area (Å²) in [7, 11) is -3.83. The van der Waals surface area contributed by atoms with E-state index in [4.69, 9.17) is 16.3 Å². The van der Waals surface area contributed by atoms with Crippen molar-refractivity contribution in [1.82, 2.24) is 4.31 Å². The van der Waals surface area contributed by atoms with Gasteiger partial charge in [-0.25, -0.2) is 13.2 Å². The fraction of sp³-hybridized carbons (Fsp3) is 0.357. The Hall–Kier alpha value is -2.04. The van der Waals surface area contributed by atoms with Gasteiger partial charge >= 0.3 is 5.97 Å². The minimum Gasteiger partial charge on any atom is -0.493 e. The van der Waals surface area contributed by atoms with E-state index in [1.807, 2.05) is 0 Å². The Kier molecular flexibility index (Phi) is 5.76. The summed E-state index contributed by atoms with van der Waals surface area (Å²) < 4.78 is 31.1. The first-order valence-electron chi connectivity index (χ1n) is 6.32. The van der Waals surface area contributed by atoms with E-state index in [1.54, 1.807) is 13.8 Å². The lowest BCUT2D eigenvalue weighted by atomic mass is 10.2. The summed E-state index contributed by atoms with van der Waals surface area (Å²) in [4.78, 5) is 11.1. The van der Waals surface area contributed by atoms with Crippen molar-refractivity contribution < 1.29 is 23.1 Å². The number of nitrogens with zero attached hydrogens (tertiary/aromatic N) is 1. The molecule has 0 aliphatic heterocycles. The highest BCUT2D eigenvalue weighted by Crippen LogP contribution is 2.24. The third-order valence-corrected chi connectivity index (χ3v) is 4.66. The van der Waals surface area contributed by atoms with E-state index in [9.17, 15) is 13.2 Å². The highest BCUT2D eigenvalue weighted by Gasteiger charge is 2.24. The van der Waals surface area contributed by atoms with E-state index in [0.29, 0.717) is 0 Å². The van der Waals surface area contributed by atoms with Gasteiger partial charge in [0, 0.05) is 6.54 Å². The minimum absolute atomic E-state index is 0.0750. The maximum atomic E-state index is 12.4. The number of sulfonamides is 1. The van der Waals surface area contributed by atoms with Crippen molar-refractivity contribution in [2.45, 2.75) is 18.7 Å². The number of hydrogen-bond acceptors (Lipinski definition) is 4. The molecule has 0 amide bonds. The number of benzene rings is 1. The molecule has 0 aliphatic carbocycles. The molecule has 0 fully saturated rings. The van der Waals surface area contributed by atoms with Gasteiger partial charge < -0.3 is 9.84 Å². The van der Waals surface area contributed by atoms with Gasteiger partial charge in [0.25, 0.3) is 0 Å². The highest BCUT2D eigenvalue weighted by molar-refractivity contribution is 7.89. The predicted molar refractivity (Wildman–Crippen MR) is 77.8 cm³/mol. The average Bonchev–Trinajstić information content (AvgIpc) is 2.44. The maximum absolute atomic E-state index is 12.4. The van der Waals surface area contributed by atoms with Crippen LogP contribution < -0.4 is 4.74 Å². The van der Waals surface area contributed by atoms with Crippen molar-refractivity contribution in [1.29, 1.82) is 0 Å². The van der Waals surface area contributed by atoms with Crippen molar-refractivity contribution in [2.75, 3.05) is 19.7 Å². The normalized spacial score (nSPS) is 11.1. The van der Waals surface area contributed by atoms with E-state index in [-0.39, 0.29) is 35.9 Å². The summed E-state index contributed by atoms with van der Waals surface area (Å²) >= 11 is 0.